The molecule has 1 aliphatic rings. The SMILES string of the molecule is C[C@H](N)c1cccc(F)c1N(C)C1CCS(=O)(=O)C1. The molecule has 1 unspecified atom stereocenters. The third-order valence-electron chi connectivity index (χ3n) is 3.62. The van der Waals surface area contributed by atoms with Gasteiger partial charge in [0, 0.05) is 19.1 Å². The molecule has 0 saturated carbocycles. The van der Waals surface area contributed by atoms with E-state index in [4.69, 9.17) is 5.73 Å². The van der Waals surface area contributed by atoms with E-state index < -0.39 is 9.84 Å². The van der Waals surface area contributed by atoms with Crippen molar-refractivity contribution in [3.63, 3.8) is 0 Å². The minimum atomic E-state index is -2.99. The highest BCUT2D eigenvalue weighted by Crippen LogP contribution is 2.31. The van der Waals surface area contributed by atoms with Gasteiger partial charge in [-0.25, -0.2) is 12.8 Å². The summed E-state index contributed by atoms with van der Waals surface area (Å²) in [5, 5.41) is 0. The molecule has 6 heteroatoms. The zero-order valence-corrected chi connectivity index (χ0v) is 12.0. The fraction of sp³-hybridized carbons (Fsp3) is 0.538. The molecule has 0 bridgehead atoms. The summed E-state index contributed by atoms with van der Waals surface area (Å²) in [7, 11) is -1.26. The highest BCUT2D eigenvalue weighted by Gasteiger charge is 2.32. The summed E-state index contributed by atoms with van der Waals surface area (Å²) in [5.41, 5.74) is 6.98. The monoisotopic (exact) mass is 286 g/mol. The minimum Gasteiger partial charge on any atom is -0.368 e. The van der Waals surface area contributed by atoms with Crippen LogP contribution < -0.4 is 10.6 Å². The molecule has 0 spiro atoms. The number of rotatable bonds is 3. The molecule has 1 saturated heterocycles. The maximum Gasteiger partial charge on any atom is 0.152 e. The fourth-order valence-electron chi connectivity index (χ4n) is 2.53. The predicted molar refractivity (Wildman–Crippen MR) is 74.5 cm³/mol. The molecule has 0 radical (unpaired) electrons. The van der Waals surface area contributed by atoms with Crippen molar-refractivity contribution in [1.82, 2.24) is 0 Å². The Hall–Kier alpha value is -1.14. The van der Waals surface area contributed by atoms with Gasteiger partial charge in [0.2, 0.25) is 0 Å². The van der Waals surface area contributed by atoms with Crippen LogP contribution in [0.1, 0.15) is 24.9 Å². The van der Waals surface area contributed by atoms with Crippen molar-refractivity contribution in [2.75, 3.05) is 23.5 Å². The molecule has 4 nitrogen and oxygen atoms in total. The van der Waals surface area contributed by atoms with Crippen molar-refractivity contribution in [1.29, 1.82) is 0 Å². The van der Waals surface area contributed by atoms with Gasteiger partial charge in [-0.3, -0.25) is 0 Å². The number of benzene rings is 1. The lowest BCUT2D eigenvalue weighted by molar-refractivity contribution is 0.593. The molecule has 0 aliphatic carbocycles. The van der Waals surface area contributed by atoms with Crippen molar-refractivity contribution in [3.8, 4) is 0 Å². The molecule has 1 aliphatic heterocycles. The summed E-state index contributed by atoms with van der Waals surface area (Å²) in [5.74, 6) is -0.109. The lowest BCUT2D eigenvalue weighted by Gasteiger charge is -2.29. The first kappa shape index (κ1) is 14.3. The lowest BCUT2D eigenvalue weighted by Crippen LogP contribution is -2.34. The molecule has 1 heterocycles. The van der Waals surface area contributed by atoms with Gasteiger partial charge in [-0.2, -0.15) is 0 Å². The topological polar surface area (TPSA) is 63.4 Å². The second kappa shape index (κ2) is 5.09. The number of nitrogens with two attached hydrogens (primary N) is 1. The minimum absolute atomic E-state index is 0.0796. The van der Waals surface area contributed by atoms with E-state index in [-0.39, 0.29) is 29.4 Å². The molecule has 2 rings (SSSR count). The molecule has 19 heavy (non-hydrogen) atoms. The van der Waals surface area contributed by atoms with E-state index in [1.807, 2.05) is 0 Å². The average Bonchev–Trinajstić information content (AvgIpc) is 2.68. The van der Waals surface area contributed by atoms with Crippen LogP contribution in [-0.4, -0.2) is 33.0 Å². The third kappa shape index (κ3) is 2.90. The van der Waals surface area contributed by atoms with Crippen LogP contribution in [0.15, 0.2) is 18.2 Å². The highest BCUT2D eigenvalue weighted by atomic mass is 32.2. The summed E-state index contributed by atoms with van der Waals surface area (Å²) < 4.78 is 37.1. The molecule has 1 aromatic rings. The van der Waals surface area contributed by atoms with E-state index in [0.29, 0.717) is 17.7 Å². The Bertz CT molecular complexity index is 572. The Morgan fingerprint density at radius 1 is 1.47 bits per heavy atom. The van der Waals surface area contributed by atoms with E-state index in [1.54, 1.807) is 31.0 Å². The number of hydrogen-bond acceptors (Lipinski definition) is 4. The van der Waals surface area contributed by atoms with Crippen LogP contribution in [0, 0.1) is 5.82 Å². The van der Waals surface area contributed by atoms with Gasteiger partial charge in [-0.1, -0.05) is 12.1 Å². The summed E-state index contributed by atoms with van der Waals surface area (Å²) in [6, 6.07) is 4.30. The van der Waals surface area contributed by atoms with Crippen LogP contribution in [0.25, 0.3) is 0 Å². The van der Waals surface area contributed by atoms with Gasteiger partial charge in [0.1, 0.15) is 5.82 Å². The average molecular weight is 286 g/mol. The quantitative estimate of drug-likeness (QED) is 0.914. The highest BCUT2D eigenvalue weighted by molar-refractivity contribution is 7.91. The second-order valence-electron chi connectivity index (χ2n) is 5.13. The lowest BCUT2D eigenvalue weighted by atomic mass is 10.0. The molecule has 1 aromatic carbocycles. The summed E-state index contributed by atoms with van der Waals surface area (Å²) >= 11 is 0. The van der Waals surface area contributed by atoms with Gasteiger partial charge in [-0.15, -0.1) is 0 Å². The van der Waals surface area contributed by atoms with Gasteiger partial charge in [-0.05, 0) is 25.0 Å². The summed E-state index contributed by atoms with van der Waals surface area (Å²) in [6.45, 7) is 1.79. The zero-order valence-electron chi connectivity index (χ0n) is 11.1. The molecule has 0 amide bonds. The Labute approximate surface area is 113 Å². The van der Waals surface area contributed by atoms with E-state index in [0.717, 1.165) is 0 Å². The molecular formula is C13H19FN2O2S. The van der Waals surface area contributed by atoms with Crippen LogP contribution >= 0.6 is 0 Å². The van der Waals surface area contributed by atoms with Crippen molar-refractivity contribution in [2.45, 2.75) is 25.4 Å². The van der Waals surface area contributed by atoms with Crippen molar-refractivity contribution in [2.24, 2.45) is 5.73 Å². The van der Waals surface area contributed by atoms with E-state index in [2.05, 4.69) is 0 Å². The van der Waals surface area contributed by atoms with Crippen molar-refractivity contribution in [3.05, 3.63) is 29.6 Å². The Morgan fingerprint density at radius 2 is 2.16 bits per heavy atom. The number of hydrogen-bond donors (Lipinski definition) is 1. The van der Waals surface area contributed by atoms with Gasteiger partial charge < -0.3 is 10.6 Å². The number of para-hydroxylation sites is 1. The molecule has 0 aromatic heterocycles. The standard InChI is InChI=1S/C13H19FN2O2S/c1-9(15)11-4-3-5-12(14)13(11)16(2)10-6-7-19(17,18)8-10/h3-5,9-10H,6-8,15H2,1-2H3/t9-,10?/m0/s1. The number of sulfone groups is 1. The van der Waals surface area contributed by atoms with Gasteiger partial charge in [0.25, 0.3) is 0 Å². The van der Waals surface area contributed by atoms with Crippen LogP contribution in [-0.2, 0) is 9.84 Å². The van der Waals surface area contributed by atoms with Gasteiger partial charge in [0.15, 0.2) is 9.84 Å². The first-order chi connectivity index (χ1) is 8.82. The van der Waals surface area contributed by atoms with Crippen molar-refractivity contribution < 1.29 is 12.8 Å². The smallest absolute Gasteiger partial charge is 0.152 e. The largest absolute Gasteiger partial charge is 0.368 e. The van der Waals surface area contributed by atoms with Crippen LogP contribution in [0.2, 0.25) is 0 Å². The zero-order chi connectivity index (χ0) is 14.2. The van der Waals surface area contributed by atoms with Crippen molar-refractivity contribution >= 4 is 15.5 Å². The van der Waals surface area contributed by atoms with Crippen LogP contribution in [0.3, 0.4) is 0 Å². The molecular weight excluding hydrogens is 267 g/mol. The number of anilines is 1. The molecule has 2 atom stereocenters. The first-order valence-corrected chi connectivity index (χ1v) is 8.11. The molecule has 2 N–H and O–H groups in total. The third-order valence-corrected chi connectivity index (χ3v) is 5.37. The maximum absolute atomic E-state index is 14.1. The Kier molecular flexibility index (Phi) is 3.82. The second-order valence-corrected chi connectivity index (χ2v) is 7.36. The van der Waals surface area contributed by atoms with E-state index >= 15 is 0 Å². The molecule has 1 fully saturated rings. The van der Waals surface area contributed by atoms with Crippen LogP contribution in [0.4, 0.5) is 10.1 Å². The number of halogens is 1. The maximum atomic E-state index is 14.1. The van der Waals surface area contributed by atoms with Gasteiger partial charge >= 0.3 is 0 Å². The van der Waals surface area contributed by atoms with E-state index in [9.17, 15) is 12.8 Å². The number of nitrogens with zero attached hydrogens (tertiary/aromatic N) is 1. The van der Waals surface area contributed by atoms with Gasteiger partial charge in [0.05, 0.1) is 17.2 Å². The molecule has 106 valence electrons. The summed E-state index contributed by atoms with van der Waals surface area (Å²) in [4.78, 5) is 1.72. The normalized spacial score (nSPS) is 23.3. The first-order valence-electron chi connectivity index (χ1n) is 6.29. The fourth-order valence-corrected chi connectivity index (χ4v) is 4.31. The predicted octanol–water partition coefficient (Wildman–Crippen LogP) is 1.47. The Morgan fingerprint density at radius 3 is 2.68 bits per heavy atom. The summed E-state index contributed by atoms with van der Waals surface area (Å²) in [6.07, 6.45) is 0.533. The Balaban J connectivity index is 2.36. The van der Waals surface area contributed by atoms with E-state index in [1.165, 1.54) is 6.07 Å². The van der Waals surface area contributed by atoms with Crippen LogP contribution in [0.5, 0.6) is 0 Å².